The van der Waals surface area contributed by atoms with Crippen LogP contribution in [0.15, 0.2) is 60.7 Å². The highest BCUT2D eigenvalue weighted by molar-refractivity contribution is 5.98. The van der Waals surface area contributed by atoms with Gasteiger partial charge in [-0.15, -0.1) is 0 Å². The summed E-state index contributed by atoms with van der Waals surface area (Å²) in [5.41, 5.74) is 10.8. The Morgan fingerprint density at radius 1 is 0.810 bits per heavy atom. The quantitative estimate of drug-likeness (QED) is 0.769. The van der Waals surface area contributed by atoms with Gasteiger partial charge in [-0.3, -0.25) is 0 Å². The first-order chi connectivity index (χ1) is 10.2. The Kier molecular flexibility index (Phi) is 3.63. The number of benzene rings is 3. The van der Waals surface area contributed by atoms with Crippen LogP contribution in [0.4, 0.5) is 11.4 Å². The molecule has 0 spiro atoms. The highest BCUT2D eigenvalue weighted by atomic mass is 15.1. The third kappa shape index (κ3) is 2.39. The second kappa shape index (κ2) is 5.58. The average Bonchev–Trinajstić information content (AvgIpc) is 2.53. The van der Waals surface area contributed by atoms with Crippen LogP contribution in [0.1, 0.15) is 11.1 Å². The SMILES string of the molecule is Cc1ccccc1N(C)c1ccc(CN)c2ccccc12. The van der Waals surface area contributed by atoms with Crippen molar-refractivity contribution in [3.63, 3.8) is 0 Å². The second-order valence-electron chi connectivity index (χ2n) is 5.34. The van der Waals surface area contributed by atoms with Gasteiger partial charge in [-0.1, -0.05) is 48.5 Å². The summed E-state index contributed by atoms with van der Waals surface area (Å²) in [5, 5.41) is 2.48. The van der Waals surface area contributed by atoms with Crippen LogP contribution in [0.2, 0.25) is 0 Å². The molecule has 2 nitrogen and oxygen atoms in total. The maximum Gasteiger partial charge on any atom is 0.0488 e. The van der Waals surface area contributed by atoms with Gasteiger partial charge in [0.15, 0.2) is 0 Å². The summed E-state index contributed by atoms with van der Waals surface area (Å²) in [7, 11) is 2.12. The molecule has 0 saturated carbocycles. The molecule has 2 N–H and O–H groups in total. The molecule has 0 unspecified atom stereocenters. The number of hydrogen-bond acceptors (Lipinski definition) is 2. The van der Waals surface area contributed by atoms with Crippen LogP contribution in [0.25, 0.3) is 10.8 Å². The van der Waals surface area contributed by atoms with Gasteiger partial charge in [0.1, 0.15) is 0 Å². The summed E-state index contributed by atoms with van der Waals surface area (Å²) in [6, 6.07) is 21.2. The lowest BCUT2D eigenvalue weighted by molar-refractivity contribution is 1.08. The van der Waals surface area contributed by atoms with Gasteiger partial charge >= 0.3 is 0 Å². The van der Waals surface area contributed by atoms with Gasteiger partial charge in [-0.05, 0) is 35.6 Å². The van der Waals surface area contributed by atoms with Gasteiger partial charge in [0, 0.05) is 30.4 Å². The fraction of sp³-hybridized carbons (Fsp3) is 0.158. The van der Waals surface area contributed by atoms with Crippen molar-refractivity contribution in [3.05, 3.63) is 71.8 Å². The Balaban J connectivity index is 2.19. The van der Waals surface area contributed by atoms with Gasteiger partial charge in [-0.25, -0.2) is 0 Å². The lowest BCUT2D eigenvalue weighted by Gasteiger charge is -2.24. The van der Waals surface area contributed by atoms with E-state index in [2.05, 4.69) is 79.5 Å². The van der Waals surface area contributed by atoms with E-state index in [-0.39, 0.29) is 0 Å². The molecule has 0 aliphatic carbocycles. The van der Waals surface area contributed by atoms with Crippen molar-refractivity contribution in [1.82, 2.24) is 0 Å². The van der Waals surface area contributed by atoms with Crippen molar-refractivity contribution < 1.29 is 0 Å². The minimum atomic E-state index is 0.564. The predicted octanol–water partition coefficient (Wildman–Crippen LogP) is 4.37. The summed E-state index contributed by atoms with van der Waals surface area (Å²) >= 11 is 0. The van der Waals surface area contributed by atoms with Crippen molar-refractivity contribution in [3.8, 4) is 0 Å². The van der Waals surface area contributed by atoms with Gasteiger partial charge < -0.3 is 10.6 Å². The van der Waals surface area contributed by atoms with Gasteiger partial charge in [-0.2, -0.15) is 0 Å². The molecule has 21 heavy (non-hydrogen) atoms. The highest BCUT2D eigenvalue weighted by Gasteiger charge is 2.11. The fourth-order valence-corrected chi connectivity index (χ4v) is 2.89. The molecule has 0 heterocycles. The number of nitrogens with two attached hydrogens (primary N) is 1. The third-order valence-electron chi connectivity index (χ3n) is 4.05. The Morgan fingerprint density at radius 3 is 2.19 bits per heavy atom. The maximum atomic E-state index is 5.86. The van der Waals surface area contributed by atoms with E-state index < -0.39 is 0 Å². The second-order valence-corrected chi connectivity index (χ2v) is 5.34. The summed E-state index contributed by atoms with van der Waals surface area (Å²) in [6.45, 7) is 2.71. The summed E-state index contributed by atoms with van der Waals surface area (Å²) < 4.78 is 0. The van der Waals surface area contributed by atoms with Crippen LogP contribution in [0.3, 0.4) is 0 Å². The smallest absolute Gasteiger partial charge is 0.0488 e. The van der Waals surface area contributed by atoms with Crippen molar-refractivity contribution in [2.24, 2.45) is 5.73 Å². The first-order valence-electron chi connectivity index (χ1n) is 7.22. The molecule has 3 rings (SSSR count). The lowest BCUT2D eigenvalue weighted by Crippen LogP contribution is -2.11. The molecular weight excluding hydrogens is 256 g/mol. The first kappa shape index (κ1) is 13.7. The minimum absolute atomic E-state index is 0.564. The zero-order chi connectivity index (χ0) is 14.8. The Bertz CT molecular complexity index is 777. The van der Waals surface area contributed by atoms with E-state index in [1.165, 1.54) is 33.3 Å². The molecule has 0 amide bonds. The molecule has 0 atom stereocenters. The number of fused-ring (bicyclic) bond motifs is 1. The van der Waals surface area contributed by atoms with E-state index in [0.717, 1.165) is 0 Å². The van der Waals surface area contributed by atoms with Crippen LogP contribution >= 0.6 is 0 Å². The third-order valence-corrected chi connectivity index (χ3v) is 4.05. The number of para-hydroxylation sites is 1. The molecule has 0 aliphatic heterocycles. The van der Waals surface area contributed by atoms with Crippen molar-refractivity contribution in [2.75, 3.05) is 11.9 Å². The fourth-order valence-electron chi connectivity index (χ4n) is 2.89. The monoisotopic (exact) mass is 276 g/mol. The number of rotatable bonds is 3. The number of aryl methyl sites for hydroxylation is 1. The van der Waals surface area contributed by atoms with E-state index in [4.69, 9.17) is 5.73 Å². The normalized spacial score (nSPS) is 10.8. The topological polar surface area (TPSA) is 29.3 Å². The molecule has 3 aromatic carbocycles. The molecule has 3 aromatic rings. The van der Waals surface area contributed by atoms with Crippen molar-refractivity contribution >= 4 is 22.1 Å². The first-order valence-corrected chi connectivity index (χ1v) is 7.22. The van der Waals surface area contributed by atoms with E-state index in [9.17, 15) is 0 Å². The van der Waals surface area contributed by atoms with Crippen LogP contribution in [0, 0.1) is 6.92 Å². The van der Waals surface area contributed by atoms with Gasteiger partial charge in [0.25, 0.3) is 0 Å². The van der Waals surface area contributed by atoms with E-state index in [1.807, 2.05) is 0 Å². The van der Waals surface area contributed by atoms with E-state index >= 15 is 0 Å². The molecule has 0 aromatic heterocycles. The van der Waals surface area contributed by atoms with Gasteiger partial charge in [0.2, 0.25) is 0 Å². The minimum Gasteiger partial charge on any atom is -0.344 e. The molecule has 0 aliphatic rings. The van der Waals surface area contributed by atoms with Crippen molar-refractivity contribution in [1.29, 1.82) is 0 Å². The molecular formula is C19H20N2. The summed E-state index contributed by atoms with van der Waals surface area (Å²) in [6.07, 6.45) is 0. The summed E-state index contributed by atoms with van der Waals surface area (Å²) in [5.74, 6) is 0. The Labute approximate surface area is 125 Å². The Morgan fingerprint density at radius 2 is 1.48 bits per heavy atom. The number of nitrogens with zero attached hydrogens (tertiary/aromatic N) is 1. The van der Waals surface area contributed by atoms with Crippen molar-refractivity contribution in [2.45, 2.75) is 13.5 Å². The lowest BCUT2D eigenvalue weighted by atomic mass is 10.0. The van der Waals surface area contributed by atoms with E-state index in [1.54, 1.807) is 0 Å². The molecule has 2 heteroatoms. The van der Waals surface area contributed by atoms with Crippen LogP contribution in [-0.4, -0.2) is 7.05 Å². The molecule has 0 saturated heterocycles. The zero-order valence-corrected chi connectivity index (χ0v) is 12.5. The number of anilines is 2. The van der Waals surface area contributed by atoms with Crippen LogP contribution in [-0.2, 0) is 6.54 Å². The molecule has 0 fully saturated rings. The van der Waals surface area contributed by atoms with E-state index in [0.29, 0.717) is 6.54 Å². The van der Waals surface area contributed by atoms with Gasteiger partial charge in [0.05, 0.1) is 0 Å². The number of hydrogen-bond donors (Lipinski definition) is 1. The highest BCUT2D eigenvalue weighted by Crippen LogP contribution is 2.34. The average molecular weight is 276 g/mol. The largest absolute Gasteiger partial charge is 0.344 e. The Hall–Kier alpha value is -2.32. The maximum absolute atomic E-state index is 5.86. The molecule has 0 radical (unpaired) electrons. The zero-order valence-electron chi connectivity index (χ0n) is 12.5. The standard InChI is InChI=1S/C19H20N2/c1-14-7-3-6-10-18(14)21(2)19-12-11-15(13-20)16-8-4-5-9-17(16)19/h3-12H,13,20H2,1-2H3. The van der Waals surface area contributed by atoms with Crippen LogP contribution in [0.5, 0.6) is 0 Å². The summed E-state index contributed by atoms with van der Waals surface area (Å²) in [4.78, 5) is 2.25. The molecule has 0 bridgehead atoms. The molecule has 106 valence electrons. The van der Waals surface area contributed by atoms with Crippen LogP contribution < -0.4 is 10.6 Å². The predicted molar refractivity (Wildman–Crippen MR) is 91.1 cm³/mol.